The van der Waals surface area contributed by atoms with Crippen molar-refractivity contribution in [3.05, 3.63) is 43.8 Å². The van der Waals surface area contributed by atoms with Crippen molar-refractivity contribution in [3.63, 3.8) is 0 Å². The number of benzene rings is 1. The molecule has 114 valence electrons. The minimum Gasteiger partial charge on any atom is -0.399 e. The van der Waals surface area contributed by atoms with Gasteiger partial charge in [0.05, 0.1) is 8.81 Å². The number of hydrogen-bond donors (Lipinski definition) is 2. The van der Waals surface area contributed by atoms with Crippen LogP contribution in [0.15, 0.2) is 33.6 Å². The van der Waals surface area contributed by atoms with Gasteiger partial charge in [-0.25, -0.2) is 17.5 Å². The van der Waals surface area contributed by atoms with E-state index in [0.29, 0.717) is 10.8 Å². The van der Waals surface area contributed by atoms with E-state index >= 15 is 0 Å². The van der Waals surface area contributed by atoms with Crippen LogP contribution < -0.4 is 10.5 Å². The predicted octanol–water partition coefficient (Wildman–Crippen LogP) is 3.41. The molecule has 3 N–H and O–H groups in total. The molecule has 1 heterocycles. The average molecular weight is 414 g/mol. The molecule has 2 aromatic rings. The molecule has 0 aliphatic carbocycles. The molecule has 0 fully saturated rings. The average Bonchev–Trinajstić information content (AvgIpc) is 2.79. The third kappa shape index (κ3) is 4.17. The summed E-state index contributed by atoms with van der Waals surface area (Å²) in [7, 11) is -3.96. The van der Waals surface area contributed by atoms with Gasteiger partial charge in [0.25, 0.3) is 0 Å². The SMILES string of the molecule is Nc1cc(Br)c(F)c(S(=O)(=O)NCCc2ccc(Cl)s2)c1. The van der Waals surface area contributed by atoms with Crippen LogP contribution in [0.4, 0.5) is 10.1 Å². The lowest BCUT2D eigenvalue weighted by Crippen LogP contribution is -2.26. The van der Waals surface area contributed by atoms with Crippen LogP contribution in [0, 0.1) is 5.82 Å². The Morgan fingerprint density at radius 3 is 2.71 bits per heavy atom. The van der Waals surface area contributed by atoms with E-state index in [4.69, 9.17) is 17.3 Å². The van der Waals surface area contributed by atoms with Crippen molar-refractivity contribution in [2.24, 2.45) is 0 Å². The van der Waals surface area contributed by atoms with Crippen molar-refractivity contribution in [1.29, 1.82) is 0 Å². The maximum absolute atomic E-state index is 13.9. The van der Waals surface area contributed by atoms with E-state index in [0.717, 1.165) is 10.9 Å². The zero-order valence-electron chi connectivity index (χ0n) is 10.6. The first-order valence-electron chi connectivity index (χ1n) is 5.78. The molecule has 21 heavy (non-hydrogen) atoms. The monoisotopic (exact) mass is 412 g/mol. The number of nitrogens with one attached hydrogen (secondary N) is 1. The second kappa shape index (κ2) is 6.62. The van der Waals surface area contributed by atoms with Crippen molar-refractivity contribution >= 4 is 54.6 Å². The number of nitrogens with two attached hydrogens (primary N) is 1. The normalized spacial score (nSPS) is 11.8. The van der Waals surface area contributed by atoms with Crippen LogP contribution in [0.3, 0.4) is 0 Å². The lowest BCUT2D eigenvalue weighted by atomic mass is 10.3. The Kier molecular flexibility index (Phi) is 5.26. The summed E-state index contributed by atoms with van der Waals surface area (Å²) in [6.45, 7) is 0.144. The fraction of sp³-hybridized carbons (Fsp3) is 0.167. The van der Waals surface area contributed by atoms with Gasteiger partial charge in [-0.3, -0.25) is 0 Å². The van der Waals surface area contributed by atoms with Gasteiger partial charge >= 0.3 is 0 Å². The minimum absolute atomic E-state index is 0.00733. The van der Waals surface area contributed by atoms with E-state index in [-0.39, 0.29) is 16.7 Å². The second-order valence-electron chi connectivity index (χ2n) is 4.17. The molecule has 9 heteroatoms. The molecule has 1 aromatic carbocycles. The van der Waals surface area contributed by atoms with Gasteiger partial charge in [0.2, 0.25) is 10.0 Å². The molecule has 0 radical (unpaired) electrons. The standard InChI is InChI=1S/C12H11BrClFN2O2S2/c13-9-5-7(16)6-10(12(9)15)21(18,19)17-4-3-8-1-2-11(14)20-8/h1-2,5-6,17H,3-4,16H2. The molecule has 0 spiro atoms. The van der Waals surface area contributed by atoms with E-state index in [1.807, 2.05) is 6.07 Å². The van der Waals surface area contributed by atoms with Gasteiger partial charge in [-0.1, -0.05) is 11.6 Å². The quantitative estimate of drug-likeness (QED) is 0.738. The molecule has 0 aliphatic rings. The summed E-state index contributed by atoms with van der Waals surface area (Å²) >= 11 is 10.1. The third-order valence-corrected chi connectivity index (χ3v) is 5.93. The Morgan fingerprint density at radius 1 is 1.38 bits per heavy atom. The second-order valence-corrected chi connectivity index (χ2v) is 8.56. The molecule has 1 aromatic heterocycles. The van der Waals surface area contributed by atoms with Crippen LogP contribution in [0.5, 0.6) is 0 Å². The number of hydrogen-bond acceptors (Lipinski definition) is 4. The van der Waals surface area contributed by atoms with Crippen molar-refractivity contribution < 1.29 is 12.8 Å². The summed E-state index contributed by atoms with van der Waals surface area (Å²) in [5, 5.41) is 0. The highest BCUT2D eigenvalue weighted by molar-refractivity contribution is 9.10. The Balaban J connectivity index is 2.12. The Labute approximate surface area is 139 Å². The van der Waals surface area contributed by atoms with E-state index in [1.165, 1.54) is 17.4 Å². The van der Waals surface area contributed by atoms with Crippen molar-refractivity contribution in [3.8, 4) is 0 Å². The summed E-state index contributed by atoms with van der Waals surface area (Å²) in [4.78, 5) is 0.468. The van der Waals surface area contributed by atoms with Crippen molar-refractivity contribution in [2.75, 3.05) is 12.3 Å². The molecule has 0 saturated heterocycles. The van der Waals surface area contributed by atoms with Crippen LogP contribution in [0.25, 0.3) is 0 Å². The van der Waals surface area contributed by atoms with Crippen molar-refractivity contribution in [1.82, 2.24) is 4.72 Å². The molecule has 0 atom stereocenters. The van der Waals surface area contributed by atoms with E-state index in [2.05, 4.69) is 20.7 Å². The van der Waals surface area contributed by atoms with Crippen molar-refractivity contribution in [2.45, 2.75) is 11.3 Å². The fourth-order valence-corrected chi connectivity index (χ4v) is 4.51. The Hall–Kier alpha value is -0.670. The zero-order chi connectivity index (χ0) is 15.6. The highest BCUT2D eigenvalue weighted by Gasteiger charge is 2.21. The highest BCUT2D eigenvalue weighted by atomic mass is 79.9. The van der Waals surface area contributed by atoms with E-state index < -0.39 is 20.7 Å². The summed E-state index contributed by atoms with van der Waals surface area (Å²) in [6, 6.07) is 5.95. The lowest BCUT2D eigenvalue weighted by molar-refractivity contribution is 0.554. The predicted molar refractivity (Wildman–Crippen MR) is 86.7 cm³/mol. The molecular formula is C12H11BrClFN2O2S2. The molecule has 2 rings (SSSR count). The largest absolute Gasteiger partial charge is 0.399 e. The lowest BCUT2D eigenvalue weighted by Gasteiger charge is -2.09. The molecule has 4 nitrogen and oxygen atoms in total. The van der Waals surface area contributed by atoms with E-state index in [9.17, 15) is 12.8 Å². The van der Waals surface area contributed by atoms with Gasteiger partial charge in [-0.05, 0) is 46.6 Å². The first-order chi connectivity index (χ1) is 9.79. The molecule has 0 unspecified atom stereocenters. The molecular weight excluding hydrogens is 403 g/mol. The molecule has 0 amide bonds. The topological polar surface area (TPSA) is 72.2 Å². The van der Waals surface area contributed by atoms with Crippen LogP contribution in [-0.4, -0.2) is 15.0 Å². The summed E-state index contributed by atoms with van der Waals surface area (Å²) < 4.78 is 41.1. The van der Waals surface area contributed by atoms with Gasteiger partial charge in [-0.15, -0.1) is 11.3 Å². The van der Waals surface area contributed by atoms with Gasteiger partial charge in [-0.2, -0.15) is 0 Å². The maximum atomic E-state index is 13.9. The summed E-state index contributed by atoms with van der Waals surface area (Å²) in [5.41, 5.74) is 5.71. The molecule has 0 bridgehead atoms. The number of nitrogen functional groups attached to an aromatic ring is 1. The smallest absolute Gasteiger partial charge is 0.243 e. The van der Waals surface area contributed by atoms with Crippen LogP contribution in [-0.2, 0) is 16.4 Å². The summed E-state index contributed by atoms with van der Waals surface area (Å²) in [5.74, 6) is -0.865. The Bertz CT molecular complexity index is 765. The third-order valence-electron chi connectivity index (χ3n) is 2.60. The highest BCUT2D eigenvalue weighted by Crippen LogP contribution is 2.26. The number of halogens is 3. The summed E-state index contributed by atoms with van der Waals surface area (Å²) in [6.07, 6.45) is 0.474. The maximum Gasteiger partial charge on any atom is 0.243 e. The number of rotatable bonds is 5. The van der Waals surface area contributed by atoms with Crippen LogP contribution in [0.1, 0.15) is 4.88 Å². The van der Waals surface area contributed by atoms with Gasteiger partial charge in [0.15, 0.2) is 5.82 Å². The van der Waals surface area contributed by atoms with Crippen LogP contribution >= 0.6 is 38.9 Å². The van der Waals surface area contributed by atoms with Crippen LogP contribution in [0.2, 0.25) is 4.34 Å². The number of sulfonamides is 1. The van der Waals surface area contributed by atoms with Gasteiger partial charge in [0.1, 0.15) is 4.90 Å². The number of thiophene rings is 1. The Morgan fingerprint density at radius 2 is 2.10 bits per heavy atom. The first-order valence-corrected chi connectivity index (χ1v) is 9.25. The minimum atomic E-state index is -3.96. The van der Waals surface area contributed by atoms with Gasteiger partial charge in [0, 0.05) is 17.1 Å². The van der Waals surface area contributed by atoms with E-state index in [1.54, 1.807) is 6.07 Å². The van der Waals surface area contributed by atoms with Gasteiger partial charge < -0.3 is 5.73 Å². The fourth-order valence-electron chi connectivity index (χ4n) is 1.65. The number of anilines is 1. The molecule has 0 aliphatic heterocycles. The first kappa shape index (κ1) is 16.7. The molecule has 0 saturated carbocycles. The zero-order valence-corrected chi connectivity index (χ0v) is 14.5.